The Hall–Kier alpha value is -0.790. The van der Waals surface area contributed by atoms with Crippen molar-refractivity contribution in [3.8, 4) is 0 Å². The van der Waals surface area contributed by atoms with Crippen molar-refractivity contribution in [3.05, 3.63) is 11.8 Å². The van der Waals surface area contributed by atoms with E-state index in [4.69, 9.17) is 4.84 Å². The Kier molecular flexibility index (Phi) is 13.2. The molecule has 0 saturated heterocycles. The van der Waals surface area contributed by atoms with Crippen molar-refractivity contribution < 1.29 is 4.84 Å². The molecule has 0 atom stereocenters. The second-order valence-corrected chi connectivity index (χ2v) is 1.35. The van der Waals surface area contributed by atoms with E-state index >= 15 is 0 Å². The van der Waals surface area contributed by atoms with E-state index in [2.05, 4.69) is 5.16 Å². The first kappa shape index (κ1) is 11.9. The zero-order valence-corrected chi connectivity index (χ0v) is 7.51. The maximum absolute atomic E-state index is 4.77. The molecule has 0 aromatic heterocycles. The quantitative estimate of drug-likeness (QED) is 0.331. The van der Waals surface area contributed by atoms with Gasteiger partial charge in [0.25, 0.3) is 0 Å². The fraction of sp³-hybridized carbons (Fsp3) is 0.625. The van der Waals surface area contributed by atoms with Crippen LogP contribution in [0.1, 0.15) is 34.6 Å². The van der Waals surface area contributed by atoms with Crippen LogP contribution in [0.4, 0.5) is 0 Å². The van der Waals surface area contributed by atoms with Gasteiger partial charge in [-0.3, -0.25) is 0 Å². The van der Waals surface area contributed by atoms with Crippen molar-refractivity contribution in [1.82, 2.24) is 0 Å². The van der Waals surface area contributed by atoms with Crippen molar-refractivity contribution in [2.24, 2.45) is 5.16 Å². The molecule has 0 aliphatic heterocycles. The topological polar surface area (TPSA) is 21.6 Å². The lowest BCUT2D eigenvalue weighted by Gasteiger charge is -1.91. The fourth-order valence-electron chi connectivity index (χ4n) is 0.189. The summed E-state index contributed by atoms with van der Waals surface area (Å²) in [6.45, 7) is 9.57. The minimum atomic E-state index is 0.822. The molecule has 0 aromatic carbocycles. The number of hydrogen-bond donors (Lipinski definition) is 0. The lowest BCUT2D eigenvalue weighted by molar-refractivity contribution is 0.230. The molecule has 0 unspecified atom stereocenters. The van der Waals surface area contributed by atoms with Gasteiger partial charge >= 0.3 is 0 Å². The Labute approximate surface area is 63.6 Å². The smallest absolute Gasteiger partial charge is 0.127 e. The standard InChI is InChI=1S/C6H11NO.C2H6/c1-4-6(3)8-7-5-2;1-2/h4-5H,1-3H3;1-2H3/b6-4-,7-5-;. The maximum Gasteiger partial charge on any atom is 0.127 e. The van der Waals surface area contributed by atoms with Crippen LogP contribution in [0.5, 0.6) is 0 Å². The predicted octanol–water partition coefficient (Wildman–Crippen LogP) is 2.96. The second-order valence-electron chi connectivity index (χ2n) is 1.35. The Bertz CT molecular complexity index is 106. The molecule has 0 N–H and O–H groups in total. The average Bonchev–Trinajstić information content (AvgIpc) is 2.04. The first-order chi connectivity index (χ1) is 4.81. The number of allylic oxidation sites excluding steroid dienone is 2. The van der Waals surface area contributed by atoms with E-state index in [0.717, 1.165) is 5.76 Å². The first-order valence-corrected chi connectivity index (χ1v) is 3.59. The molecule has 60 valence electrons. The van der Waals surface area contributed by atoms with Gasteiger partial charge < -0.3 is 4.84 Å². The van der Waals surface area contributed by atoms with Gasteiger partial charge in [-0.25, -0.2) is 0 Å². The Morgan fingerprint density at radius 1 is 1.30 bits per heavy atom. The largest absolute Gasteiger partial charge is 0.362 e. The molecule has 0 aliphatic rings. The molecule has 0 fully saturated rings. The summed E-state index contributed by atoms with van der Waals surface area (Å²) in [4.78, 5) is 4.77. The summed E-state index contributed by atoms with van der Waals surface area (Å²) >= 11 is 0. The number of oxime groups is 1. The third kappa shape index (κ3) is 10.2. The van der Waals surface area contributed by atoms with Gasteiger partial charge in [0.05, 0.1) is 0 Å². The van der Waals surface area contributed by atoms with E-state index in [1.807, 2.05) is 40.7 Å². The number of nitrogens with zero attached hydrogens (tertiary/aromatic N) is 1. The SMILES string of the molecule is C/C=N\O/C(C)=C\C.CC. The van der Waals surface area contributed by atoms with Gasteiger partial charge in [-0.15, -0.1) is 0 Å². The van der Waals surface area contributed by atoms with Crippen LogP contribution in [0.15, 0.2) is 17.0 Å². The van der Waals surface area contributed by atoms with Crippen molar-refractivity contribution in [2.45, 2.75) is 34.6 Å². The summed E-state index contributed by atoms with van der Waals surface area (Å²) in [5, 5.41) is 3.55. The minimum absolute atomic E-state index is 0.822. The van der Waals surface area contributed by atoms with E-state index in [-0.39, 0.29) is 0 Å². The monoisotopic (exact) mass is 143 g/mol. The van der Waals surface area contributed by atoms with Gasteiger partial charge in [0.15, 0.2) is 0 Å². The zero-order chi connectivity index (χ0) is 8.41. The lowest BCUT2D eigenvalue weighted by atomic mass is 10.5. The van der Waals surface area contributed by atoms with Crippen LogP contribution in [-0.2, 0) is 4.84 Å². The van der Waals surface area contributed by atoms with Gasteiger partial charge in [-0.05, 0) is 26.8 Å². The molecular formula is C8H17NO. The summed E-state index contributed by atoms with van der Waals surface area (Å²) in [7, 11) is 0. The first-order valence-electron chi connectivity index (χ1n) is 3.59. The molecule has 0 heterocycles. The summed E-state index contributed by atoms with van der Waals surface area (Å²) in [6.07, 6.45) is 3.46. The van der Waals surface area contributed by atoms with E-state index < -0.39 is 0 Å². The third-order valence-corrected chi connectivity index (χ3v) is 0.709. The highest BCUT2D eigenvalue weighted by molar-refractivity contribution is 5.52. The summed E-state index contributed by atoms with van der Waals surface area (Å²) in [6, 6.07) is 0. The highest BCUT2D eigenvalue weighted by Crippen LogP contribution is 1.92. The molecule has 0 aromatic rings. The number of rotatable bonds is 2. The van der Waals surface area contributed by atoms with Gasteiger partial charge in [0.2, 0.25) is 0 Å². The van der Waals surface area contributed by atoms with Gasteiger partial charge in [-0.1, -0.05) is 19.0 Å². The molecule has 10 heavy (non-hydrogen) atoms. The van der Waals surface area contributed by atoms with E-state index in [9.17, 15) is 0 Å². The van der Waals surface area contributed by atoms with Crippen molar-refractivity contribution in [2.75, 3.05) is 0 Å². The van der Waals surface area contributed by atoms with Crippen LogP contribution in [0, 0.1) is 0 Å². The molecule has 2 heteroatoms. The Morgan fingerprint density at radius 3 is 2.10 bits per heavy atom. The van der Waals surface area contributed by atoms with Crippen molar-refractivity contribution in [1.29, 1.82) is 0 Å². The van der Waals surface area contributed by atoms with Crippen LogP contribution >= 0.6 is 0 Å². The zero-order valence-electron chi connectivity index (χ0n) is 7.51. The molecule has 0 spiro atoms. The predicted molar refractivity (Wildman–Crippen MR) is 46.0 cm³/mol. The Morgan fingerprint density at radius 2 is 1.80 bits per heavy atom. The maximum atomic E-state index is 4.77. The fourth-order valence-corrected chi connectivity index (χ4v) is 0.189. The highest BCUT2D eigenvalue weighted by atomic mass is 16.6. The normalized spacial score (nSPS) is 10.7. The van der Waals surface area contributed by atoms with Gasteiger partial charge in [0, 0.05) is 6.21 Å². The Balaban J connectivity index is 0. The minimum Gasteiger partial charge on any atom is -0.362 e. The summed E-state index contributed by atoms with van der Waals surface area (Å²) < 4.78 is 0. The molecule has 0 radical (unpaired) electrons. The molecular weight excluding hydrogens is 126 g/mol. The van der Waals surface area contributed by atoms with Crippen LogP contribution < -0.4 is 0 Å². The molecule has 0 bridgehead atoms. The van der Waals surface area contributed by atoms with Crippen LogP contribution in [0.2, 0.25) is 0 Å². The van der Waals surface area contributed by atoms with E-state index in [1.54, 1.807) is 6.21 Å². The van der Waals surface area contributed by atoms with Crippen LogP contribution in [0.3, 0.4) is 0 Å². The number of hydrogen-bond acceptors (Lipinski definition) is 2. The van der Waals surface area contributed by atoms with Crippen molar-refractivity contribution in [3.63, 3.8) is 0 Å². The lowest BCUT2D eigenvalue weighted by Crippen LogP contribution is -1.75. The van der Waals surface area contributed by atoms with E-state index in [1.165, 1.54) is 0 Å². The van der Waals surface area contributed by atoms with Gasteiger partial charge in [0.1, 0.15) is 5.76 Å². The molecule has 0 rings (SSSR count). The molecule has 0 aliphatic carbocycles. The summed E-state index contributed by atoms with van der Waals surface area (Å²) in [5.74, 6) is 0.822. The van der Waals surface area contributed by atoms with E-state index in [0.29, 0.717) is 0 Å². The molecule has 0 saturated carbocycles. The van der Waals surface area contributed by atoms with Crippen LogP contribution in [0.25, 0.3) is 0 Å². The molecule has 2 nitrogen and oxygen atoms in total. The van der Waals surface area contributed by atoms with Crippen LogP contribution in [-0.4, -0.2) is 6.21 Å². The average molecular weight is 143 g/mol. The van der Waals surface area contributed by atoms with Crippen molar-refractivity contribution >= 4 is 6.21 Å². The molecule has 0 amide bonds. The highest BCUT2D eigenvalue weighted by Gasteiger charge is 1.78. The third-order valence-electron chi connectivity index (χ3n) is 0.709. The second kappa shape index (κ2) is 11.1. The van der Waals surface area contributed by atoms with Gasteiger partial charge in [-0.2, -0.15) is 0 Å². The summed E-state index contributed by atoms with van der Waals surface area (Å²) in [5.41, 5.74) is 0.